The Balaban J connectivity index is 0.000000261. The highest BCUT2D eigenvalue weighted by atomic mass is 16.5. The molecule has 0 unspecified atom stereocenters. The van der Waals surface area contributed by atoms with Gasteiger partial charge in [-0.25, -0.2) is 19.9 Å². The van der Waals surface area contributed by atoms with Crippen LogP contribution in [-0.2, 0) is 96.7 Å². The van der Waals surface area contributed by atoms with Gasteiger partial charge in [0.2, 0.25) is 23.6 Å². The van der Waals surface area contributed by atoms with E-state index in [1.54, 1.807) is 0 Å². The zero-order chi connectivity index (χ0) is 82.1. The second kappa shape index (κ2) is 53.1. The van der Waals surface area contributed by atoms with Gasteiger partial charge in [0.05, 0.1) is 26.4 Å². The lowest BCUT2D eigenvalue weighted by Crippen LogP contribution is -2.10. The van der Waals surface area contributed by atoms with Crippen molar-refractivity contribution in [2.45, 2.75) is 195 Å². The van der Waals surface area contributed by atoms with Crippen LogP contribution in [0.1, 0.15) is 178 Å². The highest BCUT2D eigenvalue weighted by Crippen LogP contribution is 2.27. The molecule has 0 radical (unpaired) electrons. The average molecular weight is 1530 g/mol. The van der Waals surface area contributed by atoms with Crippen molar-refractivity contribution in [3.8, 4) is 45.8 Å². The van der Waals surface area contributed by atoms with E-state index in [0.29, 0.717) is 49.2 Å². The minimum Gasteiger partial charge on any atom is -0.441 e. The zero-order valence-electron chi connectivity index (χ0n) is 69.5. The summed E-state index contributed by atoms with van der Waals surface area (Å²) in [4.78, 5) is 66.0. The number of ether oxygens (including phenoxy) is 4. The normalized spacial score (nSPS) is 10.3. The number of Topliss-reactive ketones (excluding diaryl/α,β-unsaturated/α-hetero) is 4. The highest BCUT2D eigenvalue weighted by molar-refractivity contribution is 5.81. The summed E-state index contributed by atoms with van der Waals surface area (Å²) < 4.78 is 45.1. The van der Waals surface area contributed by atoms with Gasteiger partial charge in [0.15, 0.2) is 23.1 Å². The molecule has 0 N–H and O–H groups in total. The van der Waals surface area contributed by atoms with E-state index in [2.05, 4.69) is 39.0 Å². The SMILES string of the molecule is CC.CC.CC.CC.CCc1ccc(-c2nc(COCC(=O)CCc3ccccc3)c(C)o2)cc1.Cc1ccc(-c2nc(COCC(=O)CCc3ccccc3)c(C)o2)cc1.Cc1ccc(-c2nc(COCC(=O)CCc3ccccc3)c(C)o2)cc1.Cc1ccc(-c2nc(COCC(=O)CCc3ccccc3)c(C)o2)cc1. The number of ketones is 4. The topological polar surface area (TPSA) is 209 Å². The van der Waals surface area contributed by atoms with Gasteiger partial charge in [0.25, 0.3) is 0 Å². The number of hydrogen-bond donors (Lipinski definition) is 0. The summed E-state index contributed by atoms with van der Waals surface area (Å²) in [5.74, 6) is 5.58. The average Bonchev–Trinajstić information content (AvgIpc) is 1.72. The van der Waals surface area contributed by atoms with Crippen LogP contribution in [0.3, 0.4) is 0 Å². The second-order valence-electron chi connectivity index (χ2n) is 25.8. The molecule has 0 amide bonds. The van der Waals surface area contributed by atoms with Gasteiger partial charge in [0, 0.05) is 47.9 Å². The molecule has 0 saturated heterocycles. The molecule has 0 atom stereocenters. The zero-order valence-corrected chi connectivity index (χ0v) is 69.5. The number of aromatic nitrogens is 4. The molecule has 0 saturated carbocycles. The van der Waals surface area contributed by atoms with Crippen LogP contribution in [0.2, 0.25) is 0 Å². The second-order valence-corrected chi connectivity index (χ2v) is 25.8. The van der Waals surface area contributed by atoms with Crippen molar-refractivity contribution >= 4 is 23.1 Å². The molecule has 0 aliphatic rings. The van der Waals surface area contributed by atoms with Gasteiger partial charge in [-0.3, -0.25) is 19.2 Å². The Kier molecular flexibility index (Phi) is 43.6. The summed E-state index contributed by atoms with van der Waals surface area (Å²) in [6.45, 7) is 33.2. The van der Waals surface area contributed by atoms with E-state index in [0.717, 1.165) is 122 Å². The smallest absolute Gasteiger partial charge is 0.226 e. The third kappa shape index (κ3) is 33.9. The largest absolute Gasteiger partial charge is 0.441 e. The van der Waals surface area contributed by atoms with E-state index in [1.165, 1.54) is 22.3 Å². The Hall–Kier alpha value is -10.9. The molecule has 0 aliphatic heterocycles. The molecule has 113 heavy (non-hydrogen) atoms. The van der Waals surface area contributed by atoms with Crippen LogP contribution in [0, 0.1) is 48.5 Å². The molecule has 4 heterocycles. The molecule has 0 fully saturated rings. The number of carbonyl (C=O) groups is 4. The van der Waals surface area contributed by atoms with Crippen molar-refractivity contribution in [3.63, 3.8) is 0 Å². The van der Waals surface area contributed by atoms with Crippen LogP contribution in [0.15, 0.2) is 236 Å². The Bertz CT molecular complexity index is 4250. The summed E-state index contributed by atoms with van der Waals surface area (Å²) in [7, 11) is 0. The first-order valence-electron chi connectivity index (χ1n) is 39.7. The van der Waals surface area contributed by atoms with Crippen LogP contribution in [-0.4, -0.2) is 69.5 Å². The van der Waals surface area contributed by atoms with Crippen LogP contribution in [0.5, 0.6) is 0 Å². The number of rotatable bonds is 33. The highest BCUT2D eigenvalue weighted by Gasteiger charge is 2.18. The maximum absolute atomic E-state index is 12.0. The summed E-state index contributed by atoms with van der Waals surface area (Å²) in [6, 6.07) is 72.2. The lowest BCUT2D eigenvalue weighted by atomic mass is 10.1. The molecule has 0 aliphatic carbocycles. The fraction of sp³-hybridized carbons (Fsp3) is 0.340. The molecular weight excluding hydrogens is 1410 g/mol. The Morgan fingerprint density at radius 1 is 0.265 bits per heavy atom. The van der Waals surface area contributed by atoms with Crippen molar-refractivity contribution in [3.05, 3.63) is 309 Å². The van der Waals surface area contributed by atoms with Gasteiger partial charge in [0.1, 0.15) is 72.2 Å². The van der Waals surface area contributed by atoms with Crippen molar-refractivity contribution in [1.29, 1.82) is 0 Å². The quantitative estimate of drug-likeness (QED) is 0.0374. The molecule has 0 bridgehead atoms. The van der Waals surface area contributed by atoms with Crippen molar-refractivity contribution < 1.29 is 55.8 Å². The van der Waals surface area contributed by atoms with Crippen molar-refractivity contribution in [2.75, 3.05) is 26.4 Å². The molecule has 598 valence electrons. The summed E-state index contributed by atoms with van der Waals surface area (Å²) in [5.41, 5.74) is 16.2. The molecule has 8 aromatic carbocycles. The van der Waals surface area contributed by atoms with E-state index >= 15 is 0 Å². The van der Waals surface area contributed by atoms with Crippen molar-refractivity contribution in [1.82, 2.24) is 19.9 Å². The molecular formula is C97H118N4O12. The maximum Gasteiger partial charge on any atom is 0.226 e. The first-order chi connectivity index (χ1) is 55.0. The molecule has 4 aromatic heterocycles. The van der Waals surface area contributed by atoms with Crippen LogP contribution in [0.25, 0.3) is 45.8 Å². The Morgan fingerprint density at radius 2 is 0.460 bits per heavy atom. The summed E-state index contributed by atoms with van der Waals surface area (Å²) in [6.07, 6.45) is 5.89. The van der Waals surface area contributed by atoms with Gasteiger partial charge in [-0.1, -0.05) is 249 Å². The van der Waals surface area contributed by atoms with E-state index < -0.39 is 0 Å². The first kappa shape index (κ1) is 92.7. The number of hydrogen-bond acceptors (Lipinski definition) is 16. The predicted molar refractivity (Wildman–Crippen MR) is 453 cm³/mol. The summed E-state index contributed by atoms with van der Waals surface area (Å²) >= 11 is 0. The van der Waals surface area contributed by atoms with E-state index in [-0.39, 0.29) is 76.0 Å². The van der Waals surface area contributed by atoms with Gasteiger partial charge < -0.3 is 36.6 Å². The molecule has 12 rings (SSSR count). The standard InChI is InChI=1S/C23H25NO3.3C22H23NO3.4C2H6/c1-3-18-9-12-20(13-10-18)23-24-22(17(2)27-23)16-26-15-21(25)14-11-19-7-5-4-6-8-19;3*1-16-8-11-19(12-9-16)22-23-21(17(2)26-22)15-25-14-20(24)13-10-18-6-4-3-5-7-18;4*1-2/h4-10,12-13H,3,11,14-16H2,1-2H3;3*3-9,11-12H,10,13-15H2,1-2H3;4*1-2H3. The van der Waals surface area contributed by atoms with E-state index in [1.807, 2.05) is 310 Å². The van der Waals surface area contributed by atoms with Gasteiger partial charge in [-0.05, 0) is 157 Å². The minimum absolute atomic E-state index is 0.0914. The number of carbonyl (C=O) groups excluding carboxylic acids is 4. The summed E-state index contributed by atoms with van der Waals surface area (Å²) in [5, 5.41) is 0. The first-order valence-corrected chi connectivity index (χ1v) is 39.7. The van der Waals surface area contributed by atoms with E-state index in [4.69, 9.17) is 36.6 Å². The maximum atomic E-state index is 12.0. The van der Waals surface area contributed by atoms with Gasteiger partial charge in [-0.2, -0.15) is 0 Å². The minimum atomic E-state index is 0.0914. The number of aryl methyl sites for hydroxylation is 12. The monoisotopic (exact) mass is 1530 g/mol. The Morgan fingerprint density at radius 3 is 0.655 bits per heavy atom. The molecule has 0 spiro atoms. The number of benzene rings is 8. The van der Waals surface area contributed by atoms with Crippen LogP contribution < -0.4 is 0 Å². The molecule has 16 nitrogen and oxygen atoms in total. The fourth-order valence-corrected chi connectivity index (χ4v) is 10.8. The molecule has 16 heteroatoms. The molecule has 12 aromatic rings. The lowest BCUT2D eigenvalue weighted by molar-refractivity contribution is -0.124. The number of nitrogens with zero attached hydrogens (tertiary/aromatic N) is 4. The predicted octanol–water partition coefficient (Wildman–Crippen LogP) is 23.1. The van der Waals surface area contributed by atoms with Gasteiger partial charge >= 0.3 is 0 Å². The fourth-order valence-electron chi connectivity index (χ4n) is 10.8. The van der Waals surface area contributed by atoms with Crippen molar-refractivity contribution in [2.24, 2.45) is 0 Å². The Labute approximate surface area is 671 Å². The lowest BCUT2D eigenvalue weighted by Gasteiger charge is -2.03. The van der Waals surface area contributed by atoms with E-state index in [9.17, 15) is 19.2 Å². The third-order valence-electron chi connectivity index (χ3n) is 17.2. The number of oxazole rings is 4. The third-order valence-corrected chi connectivity index (χ3v) is 17.2. The van der Waals surface area contributed by atoms with Crippen LogP contribution >= 0.6 is 0 Å². The van der Waals surface area contributed by atoms with Crippen LogP contribution in [0.4, 0.5) is 0 Å². The van der Waals surface area contributed by atoms with Gasteiger partial charge in [-0.15, -0.1) is 0 Å².